The van der Waals surface area contributed by atoms with Crippen molar-refractivity contribution in [3.63, 3.8) is 0 Å². The summed E-state index contributed by atoms with van der Waals surface area (Å²) in [5.41, 5.74) is 7.62. The molecule has 132 valence electrons. The molecule has 24 heavy (non-hydrogen) atoms. The third-order valence-corrected chi connectivity index (χ3v) is 4.43. The summed E-state index contributed by atoms with van der Waals surface area (Å²) >= 11 is 0. The van der Waals surface area contributed by atoms with Gasteiger partial charge in [0.1, 0.15) is 5.75 Å². The molecular weight excluding hydrogens is 306 g/mol. The van der Waals surface area contributed by atoms with Crippen LogP contribution >= 0.6 is 0 Å². The fourth-order valence-corrected chi connectivity index (χ4v) is 2.88. The van der Waals surface area contributed by atoms with Crippen LogP contribution in [0.25, 0.3) is 0 Å². The molecule has 2 atom stereocenters. The molecule has 2 rings (SSSR count). The van der Waals surface area contributed by atoms with Crippen LogP contribution in [0.5, 0.6) is 5.75 Å². The average molecular weight is 333 g/mol. The Bertz CT molecular complexity index is 601. The predicted molar refractivity (Wildman–Crippen MR) is 93.9 cm³/mol. The highest BCUT2D eigenvalue weighted by Crippen LogP contribution is 2.29. The van der Waals surface area contributed by atoms with Crippen molar-refractivity contribution in [1.82, 2.24) is 4.90 Å². The number of nitrogens with two attached hydrogens (primary N) is 1. The van der Waals surface area contributed by atoms with Gasteiger partial charge in [0.15, 0.2) is 6.61 Å². The van der Waals surface area contributed by atoms with E-state index in [0.29, 0.717) is 17.9 Å². The van der Waals surface area contributed by atoms with Gasteiger partial charge in [-0.05, 0) is 43.4 Å². The van der Waals surface area contributed by atoms with E-state index >= 15 is 0 Å². The fraction of sp³-hybridized carbons (Fsp3) is 0.556. The van der Waals surface area contributed by atoms with Gasteiger partial charge < -0.3 is 20.7 Å². The Morgan fingerprint density at radius 2 is 2.08 bits per heavy atom. The minimum atomic E-state index is -0.134. The third kappa shape index (κ3) is 4.96. The number of aryl methyl sites for hydroxylation is 1. The van der Waals surface area contributed by atoms with E-state index in [9.17, 15) is 9.59 Å². The molecular formula is C18H27N3O3. The van der Waals surface area contributed by atoms with Crippen LogP contribution in [-0.4, -0.2) is 43.5 Å². The summed E-state index contributed by atoms with van der Waals surface area (Å²) in [6.45, 7) is 1.87. The summed E-state index contributed by atoms with van der Waals surface area (Å²) in [5.74, 6) is 0.556. The van der Waals surface area contributed by atoms with Gasteiger partial charge in [-0.3, -0.25) is 9.59 Å². The molecule has 1 aromatic carbocycles. The van der Waals surface area contributed by atoms with Crippen LogP contribution in [0.4, 0.5) is 5.69 Å². The molecule has 6 nitrogen and oxygen atoms in total. The number of carbonyl (C=O) groups excluding carboxylic acids is 2. The monoisotopic (exact) mass is 333 g/mol. The van der Waals surface area contributed by atoms with E-state index in [-0.39, 0.29) is 30.4 Å². The zero-order chi connectivity index (χ0) is 17.7. The topological polar surface area (TPSA) is 84.7 Å². The molecule has 0 spiro atoms. The molecule has 6 heteroatoms. The number of hydrogen-bond donors (Lipinski definition) is 2. The van der Waals surface area contributed by atoms with Crippen molar-refractivity contribution >= 4 is 17.5 Å². The van der Waals surface area contributed by atoms with Gasteiger partial charge in [-0.2, -0.15) is 0 Å². The number of carbonyl (C=O) groups is 2. The van der Waals surface area contributed by atoms with E-state index in [0.717, 1.165) is 24.8 Å². The Morgan fingerprint density at radius 3 is 2.71 bits per heavy atom. The highest BCUT2D eigenvalue weighted by Gasteiger charge is 2.26. The summed E-state index contributed by atoms with van der Waals surface area (Å²) in [4.78, 5) is 25.5. The Hall–Kier alpha value is -2.08. The molecule has 0 aliphatic heterocycles. The molecule has 1 saturated carbocycles. The minimum Gasteiger partial charge on any atom is -0.482 e. The van der Waals surface area contributed by atoms with Gasteiger partial charge in [0.2, 0.25) is 5.91 Å². The maximum absolute atomic E-state index is 12.3. The van der Waals surface area contributed by atoms with Gasteiger partial charge >= 0.3 is 0 Å². The smallest absolute Gasteiger partial charge is 0.259 e. The van der Waals surface area contributed by atoms with E-state index in [2.05, 4.69) is 5.32 Å². The second kappa shape index (κ2) is 8.15. The summed E-state index contributed by atoms with van der Waals surface area (Å²) in [6, 6.07) is 5.64. The van der Waals surface area contributed by atoms with Crippen LogP contribution in [0, 0.1) is 12.8 Å². The number of nitrogens with one attached hydrogen (secondary N) is 1. The largest absolute Gasteiger partial charge is 0.482 e. The quantitative estimate of drug-likeness (QED) is 0.833. The number of anilines is 1. The first-order valence-corrected chi connectivity index (χ1v) is 8.36. The third-order valence-electron chi connectivity index (χ3n) is 4.43. The molecule has 0 aromatic heterocycles. The summed E-state index contributed by atoms with van der Waals surface area (Å²) in [6.07, 6.45) is 3.50. The van der Waals surface area contributed by atoms with E-state index in [1.165, 1.54) is 4.90 Å². The van der Waals surface area contributed by atoms with Crippen molar-refractivity contribution in [2.45, 2.75) is 38.6 Å². The molecule has 1 aliphatic carbocycles. The Kier molecular flexibility index (Phi) is 6.20. The highest BCUT2D eigenvalue weighted by atomic mass is 16.5. The van der Waals surface area contributed by atoms with Gasteiger partial charge in [0.05, 0.1) is 5.69 Å². The first-order chi connectivity index (χ1) is 11.4. The number of ether oxygens (including phenoxy) is 1. The number of rotatable bonds is 6. The highest BCUT2D eigenvalue weighted by molar-refractivity contribution is 5.92. The van der Waals surface area contributed by atoms with Crippen LogP contribution in [0.2, 0.25) is 0 Å². The standard InChI is InChI=1S/C18H27N3O3/c1-12-7-8-15(16(9-12)24-11-18(23)21(2)3)20-17(22)10-13-5-4-6-14(13)19/h7-9,13-14H,4-6,10-11,19H2,1-3H3,(H,20,22)/t13-,14+/m0/s1. The molecule has 0 bridgehead atoms. The van der Waals surface area contributed by atoms with Crippen LogP contribution < -0.4 is 15.8 Å². The zero-order valence-corrected chi connectivity index (χ0v) is 14.7. The molecule has 1 aromatic rings. The molecule has 0 heterocycles. The lowest BCUT2D eigenvalue weighted by molar-refractivity contribution is -0.130. The first kappa shape index (κ1) is 18.3. The summed E-state index contributed by atoms with van der Waals surface area (Å²) in [7, 11) is 3.35. The SMILES string of the molecule is Cc1ccc(NC(=O)C[C@@H]2CCC[C@H]2N)c(OCC(=O)N(C)C)c1. The maximum atomic E-state index is 12.3. The minimum absolute atomic E-state index is 0.0627. The van der Waals surface area contributed by atoms with Crippen molar-refractivity contribution in [3.05, 3.63) is 23.8 Å². The number of nitrogens with zero attached hydrogens (tertiary/aromatic N) is 1. The van der Waals surface area contributed by atoms with Crippen LogP contribution in [-0.2, 0) is 9.59 Å². The predicted octanol–water partition coefficient (Wildman–Crippen LogP) is 1.92. The van der Waals surface area contributed by atoms with Crippen molar-refractivity contribution in [2.24, 2.45) is 11.7 Å². The Labute approximate surface area is 143 Å². The molecule has 0 radical (unpaired) electrons. The lowest BCUT2D eigenvalue weighted by atomic mass is 10.00. The van der Waals surface area contributed by atoms with Crippen LogP contribution in [0.3, 0.4) is 0 Å². The van der Waals surface area contributed by atoms with E-state index < -0.39 is 0 Å². The van der Waals surface area contributed by atoms with Crippen LogP contribution in [0.1, 0.15) is 31.2 Å². The van der Waals surface area contributed by atoms with E-state index in [1.807, 2.05) is 19.1 Å². The number of likely N-dealkylation sites (N-methyl/N-ethyl adjacent to an activating group) is 1. The lowest BCUT2D eigenvalue weighted by Gasteiger charge is -2.17. The van der Waals surface area contributed by atoms with E-state index in [4.69, 9.17) is 10.5 Å². The molecule has 1 fully saturated rings. The zero-order valence-electron chi connectivity index (χ0n) is 14.7. The molecule has 3 N–H and O–H groups in total. The van der Waals surface area contributed by atoms with Gasteiger partial charge in [0.25, 0.3) is 5.91 Å². The fourth-order valence-electron chi connectivity index (χ4n) is 2.88. The second-order valence-corrected chi connectivity index (χ2v) is 6.68. The van der Waals surface area contributed by atoms with Crippen molar-refractivity contribution in [3.8, 4) is 5.75 Å². The normalized spacial score (nSPS) is 19.8. The molecule has 0 unspecified atom stereocenters. The van der Waals surface area contributed by atoms with Gasteiger partial charge in [0, 0.05) is 26.6 Å². The second-order valence-electron chi connectivity index (χ2n) is 6.68. The number of amides is 2. The molecule has 1 aliphatic rings. The van der Waals surface area contributed by atoms with Crippen molar-refractivity contribution in [2.75, 3.05) is 26.0 Å². The first-order valence-electron chi connectivity index (χ1n) is 8.36. The van der Waals surface area contributed by atoms with Crippen molar-refractivity contribution in [1.29, 1.82) is 0 Å². The summed E-state index contributed by atoms with van der Waals surface area (Å²) in [5, 5.41) is 2.89. The average Bonchev–Trinajstić information content (AvgIpc) is 2.92. The Balaban J connectivity index is 2.00. The summed E-state index contributed by atoms with van der Waals surface area (Å²) < 4.78 is 5.60. The maximum Gasteiger partial charge on any atom is 0.259 e. The van der Waals surface area contributed by atoms with E-state index in [1.54, 1.807) is 20.2 Å². The molecule has 2 amide bonds. The van der Waals surface area contributed by atoms with Crippen molar-refractivity contribution < 1.29 is 14.3 Å². The van der Waals surface area contributed by atoms with Crippen LogP contribution in [0.15, 0.2) is 18.2 Å². The van der Waals surface area contributed by atoms with Gasteiger partial charge in [-0.25, -0.2) is 0 Å². The lowest BCUT2D eigenvalue weighted by Crippen LogP contribution is -2.29. The number of hydrogen-bond acceptors (Lipinski definition) is 4. The van der Waals surface area contributed by atoms with Gasteiger partial charge in [-0.15, -0.1) is 0 Å². The van der Waals surface area contributed by atoms with Gasteiger partial charge in [-0.1, -0.05) is 12.5 Å². The Morgan fingerprint density at radius 1 is 1.33 bits per heavy atom. The molecule has 0 saturated heterocycles. The number of benzene rings is 1.